The Hall–Kier alpha value is -3.40. The number of hydrogen-bond donors (Lipinski definition) is 1. The van der Waals surface area contributed by atoms with E-state index < -0.39 is 47.7 Å². The van der Waals surface area contributed by atoms with Crippen LogP contribution in [0.4, 0.5) is 18.9 Å². The molecule has 31 heavy (non-hydrogen) atoms. The van der Waals surface area contributed by atoms with Crippen LogP contribution in [-0.2, 0) is 20.5 Å². The molecule has 0 bridgehead atoms. The first-order chi connectivity index (χ1) is 14.5. The van der Waals surface area contributed by atoms with Gasteiger partial charge in [0.1, 0.15) is 6.29 Å². The minimum absolute atomic E-state index is 0.127. The molecule has 0 aliphatic carbocycles. The summed E-state index contributed by atoms with van der Waals surface area (Å²) in [6, 6.07) is 8.39. The lowest BCUT2D eigenvalue weighted by Gasteiger charge is -2.17. The number of nitrogens with zero attached hydrogens (tertiary/aromatic N) is 1. The number of anilines is 1. The number of nitrogens with one attached hydrogen (secondary N) is 1. The second kappa shape index (κ2) is 10.1. The molecule has 0 saturated heterocycles. The lowest BCUT2D eigenvalue weighted by molar-refractivity contribution is -0.137. The van der Waals surface area contributed by atoms with E-state index in [1.54, 1.807) is 0 Å². The molecule has 0 heterocycles. The Morgan fingerprint density at radius 1 is 1.13 bits per heavy atom. The number of benzene rings is 2. The van der Waals surface area contributed by atoms with Crippen LogP contribution in [0.15, 0.2) is 42.5 Å². The summed E-state index contributed by atoms with van der Waals surface area (Å²) < 4.78 is 43.5. The largest absolute Gasteiger partial charge is 0.452 e. The maximum absolute atomic E-state index is 12.9. The highest BCUT2D eigenvalue weighted by Crippen LogP contribution is 2.36. The van der Waals surface area contributed by atoms with E-state index in [0.29, 0.717) is 17.9 Å². The van der Waals surface area contributed by atoms with Crippen LogP contribution in [-0.4, -0.2) is 49.2 Å². The lowest BCUT2D eigenvalue weighted by Crippen LogP contribution is -2.37. The number of rotatable bonds is 7. The third-order valence-corrected chi connectivity index (χ3v) is 4.30. The molecule has 1 N–H and O–H groups in total. The number of alkyl halides is 3. The molecular formula is C20H16ClF3N2O5. The summed E-state index contributed by atoms with van der Waals surface area (Å²) in [4.78, 5) is 47.5. The summed E-state index contributed by atoms with van der Waals surface area (Å²) >= 11 is 5.52. The quantitative estimate of drug-likeness (QED) is 0.509. The molecule has 2 amide bonds. The first kappa shape index (κ1) is 23.9. The number of esters is 1. The number of ether oxygens (including phenoxy) is 1. The number of likely N-dealkylation sites (N-methyl/N-ethyl adjacent to an activating group) is 1. The van der Waals surface area contributed by atoms with Gasteiger partial charge in [0.2, 0.25) is 5.91 Å². The van der Waals surface area contributed by atoms with Crippen molar-refractivity contribution in [2.75, 3.05) is 25.5 Å². The Morgan fingerprint density at radius 2 is 1.77 bits per heavy atom. The summed E-state index contributed by atoms with van der Waals surface area (Å²) in [5, 5.41) is 1.73. The van der Waals surface area contributed by atoms with Crippen molar-refractivity contribution in [2.24, 2.45) is 0 Å². The average Bonchev–Trinajstić information content (AvgIpc) is 2.72. The monoisotopic (exact) mass is 456 g/mol. The maximum atomic E-state index is 12.9. The van der Waals surface area contributed by atoms with Crippen LogP contribution < -0.4 is 5.32 Å². The van der Waals surface area contributed by atoms with E-state index in [0.717, 1.165) is 11.0 Å². The summed E-state index contributed by atoms with van der Waals surface area (Å²) in [7, 11) is 1.26. The number of amides is 2. The van der Waals surface area contributed by atoms with Crippen LogP contribution in [0.3, 0.4) is 0 Å². The third-order valence-electron chi connectivity index (χ3n) is 3.97. The molecule has 0 aliphatic rings. The predicted octanol–water partition coefficient (Wildman–Crippen LogP) is 3.43. The summed E-state index contributed by atoms with van der Waals surface area (Å²) in [5.41, 5.74) is -0.763. The van der Waals surface area contributed by atoms with Gasteiger partial charge in [0.25, 0.3) is 5.91 Å². The van der Waals surface area contributed by atoms with Gasteiger partial charge >= 0.3 is 12.1 Å². The highest BCUT2D eigenvalue weighted by atomic mass is 35.5. The number of aldehydes is 1. The fourth-order valence-corrected chi connectivity index (χ4v) is 2.57. The molecule has 0 atom stereocenters. The number of carbonyl (C=O) groups is 4. The molecule has 0 fully saturated rings. The number of hydrogen-bond acceptors (Lipinski definition) is 5. The van der Waals surface area contributed by atoms with Crippen molar-refractivity contribution in [3.63, 3.8) is 0 Å². The van der Waals surface area contributed by atoms with Gasteiger partial charge in [-0.05, 0) is 30.3 Å². The Morgan fingerprint density at radius 3 is 2.35 bits per heavy atom. The van der Waals surface area contributed by atoms with E-state index in [1.165, 1.54) is 37.4 Å². The fourth-order valence-electron chi connectivity index (χ4n) is 2.34. The minimum atomic E-state index is -4.69. The Bertz CT molecular complexity index is 993. The number of halogens is 4. The molecule has 0 spiro atoms. The van der Waals surface area contributed by atoms with Gasteiger partial charge in [-0.15, -0.1) is 0 Å². The van der Waals surface area contributed by atoms with Crippen molar-refractivity contribution in [1.29, 1.82) is 0 Å². The van der Waals surface area contributed by atoms with Crippen LogP contribution >= 0.6 is 11.6 Å². The summed E-state index contributed by atoms with van der Waals surface area (Å²) in [6.07, 6.45) is -4.09. The number of carbonyl (C=O) groups excluding carboxylic acids is 4. The Balaban J connectivity index is 1.88. The zero-order valence-corrected chi connectivity index (χ0v) is 16.8. The molecule has 2 aromatic rings. The molecule has 164 valence electrons. The lowest BCUT2D eigenvalue weighted by atomic mass is 10.1. The molecule has 2 aromatic carbocycles. The van der Waals surface area contributed by atoms with E-state index in [-0.39, 0.29) is 11.3 Å². The second-order valence-corrected chi connectivity index (χ2v) is 6.71. The first-order valence-corrected chi connectivity index (χ1v) is 9.02. The van der Waals surface area contributed by atoms with Gasteiger partial charge in [-0.2, -0.15) is 13.2 Å². The third kappa shape index (κ3) is 6.82. The van der Waals surface area contributed by atoms with Gasteiger partial charge < -0.3 is 15.0 Å². The van der Waals surface area contributed by atoms with E-state index in [4.69, 9.17) is 16.3 Å². The zero-order valence-electron chi connectivity index (χ0n) is 16.0. The standard InChI is InChI=1S/C20H16ClF3N2O5/c1-26(18(29)11-31-19(30)13-4-2-12(10-27)3-5-13)9-17(28)25-14-6-7-16(21)15(8-14)20(22,23)24/h2-8,10H,9,11H2,1H3,(H,25,28). The molecule has 7 nitrogen and oxygen atoms in total. The Kier molecular flexibility index (Phi) is 7.76. The topological polar surface area (TPSA) is 92.8 Å². The van der Waals surface area contributed by atoms with Crippen LogP contribution in [0.1, 0.15) is 26.3 Å². The van der Waals surface area contributed by atoms with Crippen LogP contribution in [0, 0.1) is 0 Å². The summed E-state index contributed by atoms with van der Waals surface area (Å²) in [6.45, 7) is -1.15. The van der Waals surface area contributed by atoms with Crippen LogP contribution in [0.2, 0.25) is 5.02 Å². The highest BCUT2D eigenvalue weighted by molar-refractivity contribution is 6.31. The second-order valence-electron chi connectivity index (χ2n) is 6.31. The molecule has 0 aliphatic heterocycles. The molecule has 11 heteroatoms. The van der Waals surface area contributed by atoms with E-state index in [2.05, 4.69) is 5.32 Å². The van der Waals surface area contributed by atoms with Crippen molar-refractivity contribution in [3.8, 4) is 0 Å². The van der Waals surface area contributed by atoms with Gasteiger partial charge in [0.05, 0.1) is 22.7 Å². The molecular weight excluding hydrogens is 441 g/mol. The van der Waals surface area contributed by atoms with Crippen molar-refractivity contribution >= 4 is 41.4 Å². The van der Waals surface area contributed by atoms with Gasteiger partial charge in [-0.3, -0.25) is 14.4 Å². The highest BCUT2D eigenvalue weighted by Gasteiger charge is 2.33. The molecule has 0 aromatic heterocycles. The van der Waals surface area contributed by atoms with Gasteiger partial charge in [-0.25, -0.2) is 4.79 Å². The van der Waals surface area contributed by atoms with E-state index in [1.807, 2.05) is 0 Å². The van der Waals surface area contributed by atoms with Crippen LogP contribution in [0.25, 0.3) is 0 Å². The summed E-state index contributed by atoms with van der Waals surface area (Å²) in [5.74, 6) is -2.27. The zero-order chi connectivity index (χ0) is 23.2. The van der Waals surface area contributed by atoms with Crippen molar-refractivity contribution < 1.29 is 37.1 Å². The van der Waals surface area contributed by atoms with Gasteiger partial charge in [0, 0.05) is 18.3 Å². The smallest absolute Gasteiger partial charge is 0.417 e. The van der Waals surface area contributed by atoms with E-state index >= 15 is 0 Å². The van der Waals surface area contributed by atoms with Crippen molar-refractivity contribution in [3.05, 3.63) is 64.2 Å². The molecule has 2 rings (SSSR count). The molecule has 0 unspecified atom stereocenters. The SMILES string of the molecule is CN(CC(=O)Nc1ccc(Cl)c(C(F)(F)F)c1)C(=O)COC(=O)c1ccc(C=O)cc1. The van der Waals surface area contributed by atoms with Gasteiger partial charge in [0.15, 0.2) is 6.61 Å². The minimum Gasteiger partial charge on any atom is -0.452 e. The van der Waals surface area contributed by atoms with Crippen molar-refractivity contribution in [2.45, 2.75) is 6.18 Å². The average molecular weight is 457 g/mol. The van der Waals surface area contributed by atoms with Crippen LogP contribution in [0.5, 0.6) is 0 Å². The normalized spacial score (nSPS) is 10.9. The van der Waals surface area contributed by atoms with Crippen molar-refractivity contribution in [1.82, 2.24) is 4.90 Å². The first-order valence-electron chi connectivity index (χ1n) is 8.64. The molecule has 0 saturated carbocycles. The fraction of sp³-hybridized carbons (Fsp3) is 0.200. The van der Waals surface area contributed by atoms with E-state index in [9.17, 15) is 32.3 Å². The molecule has 0 radical (unpaired) electrons. The Labute approximate surface area is 179 Å². The predicted molar refractivity (Wildman–Crippen MR) is 105 cm³/mol. The maximum Gasteiger partial charge on any atom is 0.417 e. The van der Waals surface area contributed by atoms with Gasteiger partial charge in [-0.1, -0.05) is 23.7 Å².